The highest BCUT2D eigenvalue weighted by Crippen LogP contribution is 2.34. The summed E-state index contributed by atoms with van der Waals surface area (Å²) >= 11 is 0. The number of aromatic nitrogens is 2. The molecule has 0 unspecified atom stereocenters. The van der Waals surface area contributed by atoms with Gasteiger partial charge in [0.15, 0.2) is 0 Å². The summed E-state index contributed by atoms with van der Waals surface area (Å²) in [5.74, 6) is 2.19. The van der Waals surface area contributed by atoms with Crippen LogP contribution in [-0.2, 0) is 4.79 Å². The molecule has 1 aliphatic carbocycles. The molecule has 1 saturated carbocycles. The SMILES string of the molecule is C/C=C/c1ccc(-c2[nH]c(-c3ccc(OC)cc3)nc2-c2ccc(/C=C/C(=O)NCC3CCCCC3)cc2)cc1. The number of hydrogen-bond donors (Lipinski definition) is 2. The monoisotopic (exact) mass is 531 g/mol. The van der Waals surface area contributed by atoms with Gasteiger partial charge in [0.2, 0.25) is 5.91 Å². The van der Waals surface area contributed by atoms with E-state index in [1.54, 1.807) is 13.2 Å². The van der Waals surface area contributed by atoms with E-state index in [2.05, 4.69) is 52.8 Å². The molecule has 0 radical (unpaired) electrons. The Morgan fingerprint density at radius 2 is 1.50 bits per heavy atom. The van der Waals surface area contributed by atoms with Crippen molar-refractivity contribution in [2.75, 3.05) is 13.7 Å². The molecule has 5 nitrogen and oxygen atoms in total. The van der Waals surface area contributed by atoms with Crippen LogP contribution in [-0.4, -0.2) is 29.5 Å². The van der Waals surface area contributed by atoms with E-state index in [0.29, 0.717) is 5.92 Å². The highest BCUT2D eigenvalue weighted by molar-refractivity contribution is 5.92. The van der Waals surface area contributed by atoms with Crippen LogP contribution in [0.4, 0.5) is 0 Å². The lowest BCUT2D eigenvalue weighted by molar-refractivity contribution is -0.116. The lowest BCUT2D eigenvalue weighted by Gasteiger charge is -2.21. The Morgan fingerprint density at radius 3 is 2.15 bits per heavy atom. The fourth-order valence-corrected chi connectivity index (χ4v) is 5.25. The summed E-state index contributed by atoms with van der Waals surface area (Å²) in [7, 11) is 1.66. The van der Waals surface area contributed by atoms with E-state index in [1.165, 1.54) is 32.1 Å². The van der Waals surface area contributed by atoms with Crippen LogP contribution in [0.25, 0.3) is 46.1 Å². The number of aromatic amines is 1. The smallest absolute Gasteiger partial charge is 0.244 e. The zero-order chi connectivity index (χ0) is 27.7. The van der Waals surface area contributed by atoms with E-state index in [1.807, 2.05) is 55.5 Å². The summed E-state index contributed by atoms with van der Waals surface area (Å²) < 4.78 is 5.32. The van der Waals surface area contributed by atoms with Crippen molar-refractivity contribution in [2.45, 2.75) is 39.0 Å². The van der Waals surface area contributed by atoms with Crippen molar-refractivity contribution in [2.24, 2.45) is 5.92 Å². The molecule has 0 spiro atoms. The van der Waals surface area contributed by atoms with Gasteiger partial charge < -0.3 is 15.0 Å². The molecule has 1 fully saturated rings. The summed E-state index contributed by atoms with van der Waals surface area (Å²) in [6, 6.07) is 24.5. The maximum absolute atomic E-state index is 12.4. The number of hydrogen-bond acceptors (Lipinski definition) is 3. The van der Waals surface area contributed by atoms with Crippen LogP contribution in [0.15, 0.2) is 84.9 Å². The number of nitrogens with zero attached hydrogens (tertiary/aromatic N) is 1. The third-order valence-corrected chi connectivity index (χ3v) is 7.53. The van der Waals surface area contributed by atoms with Crippen LogP contribution in [0.2, 0.25) is 0 Å². The number of H-pyrrole nitrogens is 1. The fraction of sp³-hybridized carbons (Fsp3) is 0.257. The molecule has 1 heterocycles. The first-order valence-corrected chi connectivity index (χ1v) is 14.2. The summed E-state index contributed by atoms with van der Waals surface area (Å²) in [6.45, 7) is 2.79. The molecular weight excluding hydrogens is 494 g/mol. The Balaban J connectivity index is 1.37. The van der Waals surface area contributed by atoms with Crippen LogP contribution < -0.4 is 10.1 Å². The second kappa shape index (κ2) is 13.1. The van der Waals surface area contributed by atoms with Gasteiger partial charge in [-0.15, -0.1) is 0 Å². The van der Waals surface area contributed by atoms with Gasteiger partial charge in [0, 0.05) is 29.3 Å². The van der Waals surface area contributed by atoms with Crippen molar-refractivity contribution in [1.82, 2.24) is 15.3 Å². The van der Waals surface area contributed by atoms with E-state index >= 15 is 0 Å². The quantitative estimate of drug-likeness (QED) is 0.214. The predicted molar refractivity (Wildman–Crippen MR) is 165 cm³/mol. The zero-order valence-electron chi connectivity index (χ0n) is 23.3. The summed E-state index contributed by atoms with van der Waals surface area (Å²) in [4.78, 5) is 20.9. The number of benzene rings is 3. The molecule has 40 heavy (non-hydrogen) atoms. The summed E-state index contributed by atoms with van der Waals surface area (Å²) in [5, 5.41) is 3.07. The number of ether oxygens (including phenoxy) is 1. The Kier molecular flexibility index (Phi) is 8.92. The van der Waals surface area contributed by atoms with Gasteiger partial charge in [-0.25, -0.2) is 4.98 Å². The number of carbonyl (C=O) groups excluding carboxylic acids is 1. The zero-order valence-corrected chi connectivity index (χ0v) is 23.3. The molecule has 1 aliphatic rings. The molecule has 3 aromatic carbocycles. The topological polar surface area (TPSA) is 67.0 Å². The van der Waals surface area contributed by atoms with Crippen LogP contribution in [0.1, 0.15) is 50.2 Å². The lowest BCUT2D eigenvalue weighted by atomic mass is 9.89. The first-order chi connectivity index (χ1) is 19.6. The highest BCUT2D eigenvalue weighted by Gasteiger charge is 2.16. The molecule has 1 amide bonds. The maximum Gasteiger partial charge on any atom is 0.244 e. The van der Waals surface area contributed by atoms with Gasteiger partial charge in [0.25, 0.3) is 0 Å². The predicted octanol–water partition coefficient (Wildman–Crippen LogP) is 8.16. The molecule has 2 N–H and O–H groups in total. The second-order valence-corrected chi connectivity index (χ2v) is 10.4. The Bertz CT molecular complexity index is 1460. The Hall–Kier alpha value is -4.38. The average molecular weight is 532 g/mol. The van der Waals surface area contributed by atoms with Crippen LogP contribution in [0, 0.1) is 5.92 Å². The number of imidazole rings is 1. The standard InChI is InChI=1S/C35H37N3O2/c1-3-7-25-10-15-28(16-11-25)33-34(38-35(37-33)30-19-21-31(40-2)22-20-30)29-17-12-26(13-18-29)14-23-32(39)36-24-27-8-5-4-6-9-27/h3,7,10-23,27H,4-6,8-9,24H2,1-2H3,(H,36,39)(H,37,38)/b7-3+,23-14+. The second-order valence-electron chi connectivity index (χ2n) is 10.4. The number of amides is 1. The first kappa shape index (κ1) is 27.2. The third-order valence-electron chi connectivity index (χ3n) is 7.53. The van der Waals surface area contributed by atoms with Gasteiger partial charge in [-0.2, -0.15) is 0 Å². The number of methoxy groups -OCH3 is 1. The number of allylic oxidation sites excluding steroid dienone is 1. The van der Waals surface area contributed by atoms with Gasteiger partial charge in [-0.1, -0.05) is 79.9 Å². The minimum absolute atomic E-state index is 0.0327. The van der Waals surface area contributed by atoms with Crippen molar-refractivity contribution < 1.29 is 9.53 Å². The molecule has 4 aromatic rings. The van der Waals surface area contributed by atoms with Gasteiger partial charge in [-0.3, -0.25) is 4.79 Å². The van der Waals surface area contributed by atoms with Crippen molar-refractivity contribution in [3.63, 3.8) is 0 Å². The Morgan fingerprint density at radius 1 is 0.875 bits per heavy atom. The van der Waals surface area contributed by atoms with Crippen molar-refractivity contribution in [3.8, 4) is 39.7 Å². The molecule has 5 rings (SSSR count). The first-order valence-electron chi connectivity index (χ1n) is 14.2. The largest absolute Gasteiger partial charge is 0.497 e. The van der Waals surface area contributed by atoms with Crippen molar-refractivity contribution in [3.05, 3.63) is 96.1 Å². The number of nitrogens with one attached hydrogen (secondary N) is 2. The van der Waals surface area contributed by atoms with E-state index in [9.17, 15) is 4.79 Å². The molecule has 0 bridgehead atoms. The molecule has 0 atom stereocenters. The van der Waals surface area contributed by atoms with Crippen molar-refractivity contribution in [1.29, 1.82) is 0 Å². The van der Waals surface area contributed by atoms with Gasteiger partial charge in [0.1, 0.15) is 11.6 Å². The molecule has 5 heteroatoms. The van der Waals surface area contributed by atoms with Crippen molar-refractivity contribution >= 4 is 18.1 Å². The minimum Gasteiger partial charge on any atom is -0.497 e. The van der Waals surface area contributed by atoms with Gasteiger partial charge in [0.05, 0.1) is 18.5 Å². The Labute approximate surface area is 237 Å². The van der Waals surface area contributed by atoms with Gasteiger partial charge >= 0.3 is 0 Å². The third kappa shape index (κ3) is 6.78. The average Bonchev–Trinajstić information content (AvgIpc) is 3.46. The summed E-state index contributed by atoms with van der Waals surface area (Å²) in [6.07, 6.45) is 14.0. The fourth-order valence-electron chi connectivity index (χ4n) is 5.25. The van der Waals surface area contributed by atoms with Crippen LogP contribution in [0.5, 0.6) is 5.75 Å². The normalized spacial score (nSPS) is 14.2. The highest BCUT2D eigenvalue weighted by atomic mass is 16.5. The molecule has 0 saturated heterocycles. The molecule has 0 aliphatic heterocycles. The molecular formula is C35H37N3O2. The van der Waals surface area contributed by atoms with E-state index < -0.39 is 0 Å². The maximum atomic E-state index is 12.4. The van der Waals surface area contributed by atoms with E-state index in [-0.39, 0.29) is 5.91 Å². The van der Waals surface area contributed by atoms with E-state index in [4.69, 9.17) is 9.72 Å². The number of rotatable bonds is 9. The molecule has 204 valence electrons. The van der Waals surface area contributed by atoms with Crippen LogP contribution >= 0.6 is 0 Å². The van der Waals surface area contributed by atoms with Gasteiger partial charge in [-0.05, 0) is 67.2 Å². The van der Waals surface area contributed by atoms with Crippen LogP contribution in [0.3, 0.4) is 0 Å². The van der Waals surface area contributed by atoms with E-state index in [0.717, 1.165) is 57.3 Å². The number of carbonyl (C=O) groups is 1. The minimum atomic E-state index is -0.0327. The summed E-state index contributed by atoms with van der Waals surface area (Å²) in [5.41, 5.74) is 7.02. The lowest BCUT2D eigenvalue weighted by Crippen LogP contribution is -2.28. The molecule has 1 aromatic heterocycles.